The summed E-state index contributed by atoms with van der Waals surface area (Å²) in [4.78, 5) is 11.5. The topological polar surface area (TPSA) is 41.1 Å². The fourth-order valence-electron chi connectivity index (χ4n) is 3.34. The van der Waals surface area contributed by atoms with Gasteiger partial charge in [0.25, 0.3) is 0 Å². The van der Waals surface area contributed by atoms with Crippen molar-refractivity contribution in [2.24, 2.45) is 17.3 Å². The van der Waals surface area contributed by atoms with E-state index < -0.39 is 0 Å². The maximum absolute atomic E-state index is 11.5. The van der Waals surface area contributed by atoms with E-state index in [4.69, 9.17) is 0 Å². The molecule has 2 aliphatic rings. The molecule has 0 aromatic heterocycles. The van der Waals surface area contributed by atoms with Crippen LogP contribution in [0.25, 0.3) is 0 Å². The van der Waals surface area contributed by atoms with Crippen LogP contribution in [0.4, 0.5) is 0 Å². The highest BCUT2D eigenvalue weighted by molar-refractivity contribution is 5.80. The van der Waals surface area contributed by atoms with E-state index in [2.05, 4.69) is 31.4 Å². The minimum absolute atomic E-state index is 0.262. The number of carbonyl (C=O) groups excluding carboxylic acids is 1. The summed E-state index contributed by atoms with van der Waals surface area (Å²) < 4.78 is 0. The minimum Gasteiger partial charge on any atom is -0.355 e. The fourth-order valence-corrected chi connectivity index (χ4v) is 3.34. The molecule has 1 amide bonds. The predicted molar refractivity (Wildman–Crippen MR) is 78.9 cm³/mol. The Balaban J connectivity index is 1.69. The molecule has 0 bridgehead atoms. The molecule has 0 aliphatic heterocycles. The van der Waals surface area contributed by atoms with Crippen LogP contribution >= 0.6 is 0 Å². The van der Waals surface area contributed by atoms with E-state index in [-0.39, 0.29) is 5.91 Å². The second-order valence-electron chi connectivity index (χ2n) is 7.38. The van der Waals surface area contributed by atoms with Crippen molar-refractivity contribution < 1.29 is 4.79 Å². The molecule has 2 atom stereocenters. The van der Waals surface area contributed by atoms with Crippen molar-refractivity contribution in [3.8, 4) is 0 Å². The number of amides is 1. The maximum Gasteiger partial charge on any atom is 0.223 e. The Labute approximate surface area is 117 Å². The Kier molecular flexibility index (Phi) is 4.88. The zero-order valence-corrected chi connectivity index (χ0v) is 12.8. The summed E-state index contributed by atoms with van der Waals surface area (Å²) in [5.41, 5.74) is 0.384. The van der Waals surface area contributed by atoms with Crippen LogP contribution in [0.2, 0.25) is 0 Å². The van der Waals surface area contributed by atoms with Crippen LogP contribution in [0.1, 0.15) is 59.3 Å². The molecule has 0 radical (unpaired) electrons. The lowest BCUT2D eigenvalue weighted by Gasteiger charge is -2.41. The Bertz CT molecular complexity index is 304. The zero-order chi connectivity index (χ0) is 13.9. The van der Waals surface area contributed by atoms with Crippen LogP contribution in [0.3, 0.4) is 0 Å². The van der Waals surface area contributed by atoms with Crippen LogP contribution in [0.5, 0.6) is 0 Å². The summed E-state index contributed by atoms with van der Waals surface area (Å²) in [6.45, 7) is 8.75. The van der Waals surface area contributed by atoms with Crippen LogP contribution in [0.15, 0.2) is 0 Å². The molecule has 2 fully saturated rings. The largest absolute Gasteiger partial charge is 0.355 e. The highest BCUT2D eigenvalue weighted by Crippen LogP contribution is 2.37. The molecule has 2 rings (SSSR count). The highest BCUT2D eigenvalue weighted by atomic mass is 16.2. The Morgan fingerprint density at radius 3 is 2.37 bits per heavy atom. The van der Waals surface area contributed by atoms with E-state index in [0.717, 1.165) is 31.8 Å². The molecular weight excluding hydrogens is 236 g/mol. The number of carbonyl (C=O) groups is 1. The molecule has 0 aromatic rings. The monoisotopic (exact) mass is 266 g/mol. The zero-order valence-electron chi connectivity index (χ0n) is 12.8. The second-order valence-corrected chi connectivity index (χ2v) is 7.38. The number of rotatable bonds is 5. The van der Waals surface area contributed by atoms with Gasteiger partial charge in [0.1, 0.15) is 0 Å². The third kappa shape index (κ3) is 4.48. The van der Waals surface area contributed by atoms with Crippen molar-refractivity contribution in [1.82, 2.24) is 10.6 Å². The fraction of sp³-hybridized carbons (Fsp3) is 0.938. The van der Waals surface area contributed by atoms with Gasteiger partial charge in [-0.3, -0.25) is 4.79 Å². The molecule has 2 saturated carbocycles. The molecule has 2 N–H and O–H groups in total. The molecule has 3 heteroatoms. The second kappa shape index (κ2) is 6.25. The third-order valence-corrected chi connectivity index (χ3v) is 4.66. The quantitative estimate of drug-likeness (QED) is 0.751. The van der Waals surface area contributed by atoms with E-state index in [1.165, 1.54) is 25.7 Å². The number of nitrogens with one attached hydrogen (secondary N) is 2. The van der Waals surface area contributed by atoms with Crippen molar-refractivity contribution >= 4 is 5.91 Å². The molecule has 19 heavy (non-hydrogen) atoms. The molecule has 3 nitrogen and oxygen atoms in total. The van der Waals surface area contributed by atoms with Crippen molar-refractivity contribution in [3.63, 3.8) is 0 Å². The van der Waals surface area contributed by atoms with Gasteiger partial charge in [0.15, 0.2) is 0 Å². The van der Waals surface area contributed by atoms with E-state index in [1.54, 1.807) is 0 Å². The average Bonchev–Trinajstić information content (AvgIpc) is 3.18. The SMILES string of the molecule is CC(C)(C)C1CCCCC1NCCNC(=O)C1CC1. The van der Waals surface area contributed by atoms with Crippen molar-refractivity contribution in [1.29, 1.82) is 0 Å². The lowest BCUT2D eigenvalue weighted by Crippen LogP contribution is -2.46. The van der Waals surface area contributed by atoms with Gasteiger partial charge in [0.2, 0.25) is 5.91 Å². The predicted octanol–water partition coefficient (Wildman–Crippen LogP) is 2.71. The van der Waals surface area contributed by atoms with Gasteiger partial charge in [-0.15, -0.1) is 0 Å². The first-order chi connectivity index (χ1) is 8.98. The van der Waals surface area contributed by atoms with Gasteiger partial charge in [0.05, 0.1) is 0 Å². The lowest BCUT2D eigenvalue weighted by molar-refractivity contribution is -0.122. The van der Waals surface area contributed by atoms with Crippen LogP contribution in [0, 0.1) is 17.3 Å². The van der Waals surface area contributed by atoms with Gasteiger partial charge >= 0.3 is 0 Å². The van der Waals surface area contributed by atoms with Crippen molar-refractivity contribution in [2.75, 3.05) is 13.1 Å². The normalized spacial score (nSPS) is 28.2. The van der Waals surface area contributed by atoms with Crippen LogP contribution in [-0.2, 0) is 4.79 Å². The van der Waals surface area contributed by atoms with Crippen LogP contribution in [-0.4, -0.2) is 25.0 Å². The highest BCUT2D eigenvalue weighted by Gasteiger charge is 2.33. The Hall–Kier alpha value is -0.570. The van der Waals surface area contributed by atoms with Gasteiger partial charge < -0.3 is 10.6 Å². The molecule has 0 spiro atoms. The summed E-state index contributed by atoms with van der Waals surface area (Å²) in [5.74, 6) is 1.36. The van der Waals surface area contributed by atoms with E-state index in [1.807, 2.05) is 0 Å². The van der Waals surface area contributed by atoms with E-state index >= 15 is 0 Å². The molecule has 2 unspecified atom stereocenters. The molecule has 0 aromatic carbocycles. The lowest BCUT2D eigenvalue weighted by atomic mass is 9.69. The summed E-state index contributed by atoms with van der Waals surface area (Å²) in [7, 11) is 0. The minimum atomic E-state index is 0.262. The first-order valence-corrected chi connectivity index (χ1v) is 7.99. The summed E-state index contributed by atoms with van der Waals surface area (Å²) >= 11 is 0. The molecule has 0 saturated heterocycles. The first-order valence-electron chi connectivity index (χ1n) is 7.99. The van der Waals surface area contributed by atoms with Gasteiger partial charge in [-0.05, 0) is 37.0 Å². The van der Waals surface area contributed by atoms with E-state index in [9.17, 15) is 4.79 Å². The van der Waals surface area contributed by atoms with Gasteiger partial charge in [0, 0.05) is 25.0 Å². The van der Waals surface area contributed by atoms with Gasteiger partial charge in [-0.2, -0.15) is 0 Å². The molecular formula is C16H30N2O. The summed E-state index contributed by atoms with van der Waals surface area (Å²) in [6.07, 6.45) is 7.54. The summed E-state index contributed by atoms with van der Waals surface area (Å²) in [6, 6.07) is 0.631. The number of hydrogen-bond acceptors (Lipinski definition) is 2. The summed E-state index contributed by atoms with van der Waals surface area (Å²) in [5, 5.41) is 6.71. The van der Waals surface area contributed by atoms with Gasteiger partial charge in [-0.1, -0.05) is 33.6 Å². The first kappa shape index (κ1) is 14.8. The Morgan fingerprint density at radius 2 is 1.74 bits per heavy atom. The van der Waals surface area contributed by atoms with Crippen LogP contribution < -0.4 is 10.6 Å². The smallest absolute Gasteiger partial charge is 0.223 e. The maximum atomic E-state index is 11.5. The van der Waals surface area contributed by atoms with E-state index in [0.29, 0.717) is 17.4 Å². The average molecular weight is 266 g/mol. The standard InChI is InChI=1S/C16H30N2O/c1-16(2,3)13-6-4-5-7-14(13)17-10-11-18-15(19)12-8-9-12/h12-14,17H,4-11H2,1-3H3,(H,18,19). The molecule has 0 heterocycles. The third-order valence-electron chi connectivity index (χ3n) is 4.66. The number of hydrogen-bond donors (Lipinski definition) is 2. The molecule has 2 aliphatic carbocycles. The van der Waals surface area contributed by atoms with Crippen molar-refractivity contribution in [3.05, 3.63) is 0 Å². The van der Waals surface area contributed by atoms with Crippen molar-refractivity contribution in [2.45, 2.75) is 65.3 Å². The Morgan fingerprint density at radius 1 is 1.05 bits per heavy atom. The molecule has 110 valence electrons. The van der Waals surface area contributed by atoms with Gasteiger partial charge in [-0.25, -0.2) is 0 Å².